The summed E-state index contributed by atoms with van der Waals surface area (Å²) in [6.07, 6.45) is 3.68. The maximum absolute atomic E-state index is 13.2. The lowest BCUT2D eigenvalue weighted by molar-refractivity contribution is -0.115. The van der Waals surface area contributed by atoms with Crippen LogP contribution in [0.1, 0.15) is 16.7 Å². The van der Waals surface area contributed by atoms with Crippen LogP contribution < -0.4 is 15.0 Å². The molecule has 2 aromatic carbocycles. The first-order valence-corrected chi connectivity index (χ1v) is 10.7. The van der Waals surface area contributed by atoms with E-state index in [0.29, 0.717) is 12.1 Å². The smallest absolute Gasteiger partial charge is 0.252 e. The monoisotopic (exact) mass is 429 g/mol. The molecule has 0 aliphatic carbocycles. The van der Waals surface area contributed by atoms with Gasteiger partial charge >= 0.3 is 0 Å². The molecule has 2 heterocycles. The Labute approximate surface area is 188 Å². The summed E-state index contributed by atoms with van der Waals surface area (Å²) in [4.78, 5) is 19.9. The minimum atomic E-state index is -0.153. The summed E-state index contributed by atoms with van der Waals surface area (Å²) in [5.74, 6) is 1.50. The maximum Gasteiger partial charge on any atom is 0.252 e. The predicted molar refractivity (Wildman–Crippen MR) is 126 cm³/mol. The highest BCUT2D eigenvalue weighted by Crippen LogP contribution is 2.25. The first-order valence-electron chi connectivity index (χ1n) is 10.7. The topological polar surface area (TPSA) is 63.7 Å². The fourth-order valence-electron chi connectivity index (χ4n) is 3.62. The van der Waals surface area contributed by atoms with Crippen LogP contribution in [0.3, 0.4) is 0 Å². The molecule has 1 aromatic heterocycles. The Morgan fingerprint density at radius 2 is 1.81 bits per heavy atom. The van der Waals surface area contributed by atoms with Crippen LogP contribution in [-0.4, -0.2) is 44.3 Å². The van der Waals surface area contributed by atoms with Crippen molar-refractivity contribution in [1.29, 1.82) is 0 Å². The summed E-state index contributed by atoms with van der Waals surface area (Å²) in [5.41, 5.74) is 3.21. The molecule has 1 saturated heterocycles. The number of carbonyl (C=O) groups excluding carboxylic acids is 1. The molecule has 0 atom stereocenters. The molecule has 0 unspecified atom stereocenters. The van der Waals surface area contributed by atoms with Crippen molar-refractivity contribution in [2.24, 2.45) is 0 Å². The second kappa shape index (κ2) is 10.6. The Morgan fingerprint density at radius 3 is 2.53 bits per heavy atom. The Balaban J connectivity index is 1.50. The molecule has 1 N–H and O–H groups in total. The summed E-state index contributed by atoms with van der Waals surface area (Å²) >= 11 is 0. The van der Waals surface area contributed by atoms with E-state index in [1.165, 1.54) is 0 Å². The maximum atomic E-state index is 13.2. The number of para-hydroxylation sites is 1. The number of anilines is 1. The van der Waals surface area contributed by atoms with Crippen LogP contribution in [0.2, 0.25) is 0 Å². The van der Waals surface area contributed by atoms with E-state index in [1.807, 2.05) is 79.0 Å². The molecule has 0 bridgehead atoms. The van der Waals surface area contributed by atoms with Gasteiger partial charge in [-0.2, -0.15) is 0 Å². The molecule has 1 aliphatic rings. The SMILES string of the molecule is COc1ccccc1/C=C(/C(=O)NCc1ccc(N2CCOCC2)nc1)c1ccccc1. The molecule has 32 heavy (non-hydrogen) atoms. The summed E-state index contributed by atoms with van der Waals surface area (Å²) in [7, 11) is 1.63. The molecule has 1 aliphatic heterocycles. The summed E-state index contributed by atoms with van der Waals surface area (Å²) in [6.45, 7) is 3.53. The highest BCUT2D eigenvalue weighted by molar-refractivity contribution is 6.24. The van der Waals surface area contributed by atoms with Crippen molar-refractivity contribution in [1.82, 2.24) is 10.3 Å². The fourth-order valence-corrected chi connectivity index (χ4v) is 3.62. The number of ether oxygens (including phenoxy) is 2. The van der Waals surface area contributed by atoms with E-state index in [-0.39, 0.29) is 5.91 Å². The van der Waals surface area contributed by atoms with Gasteiger partial charge in [-0.25, -0.2) is 4.98 Å². The number of pyridine rings is 1. The van der Waals surface area contributed by atoms with Crippen molar-refractivity contribution >= 4 is 23.4 Å². The number of hydrogen-bond acceptors (Lipinski definition) is 5. The van der Waals surface area contributed by atoms with Crippen LogP contribution in [-0.2, 0) is 16.1 Å². The Hall–Kier alpha value is -3.64. The van der Waals surface area contributed by atoms with E-state index < -0.39 is 0 Å². The largest absolute Gasteiger partial charge is 0.496 e. The molecule has 6 nitrogen and oxygen atoms in total. The van der Waals surface area contributed by atoms with Gasteiger partial charge in [0.15, 0.2) is 0 Å². The van der Waals surface area contributed by atoms with Crippen molar-refractivity contribution in [2.45, 2.75) is 6.54 Å². The third kappa shape index (κ3) is 5.34. The van der Waals surface area contributed by atoms with Gasteiger partial charge in [0, 0.05) is 37.0 Å². The van der Waals surface area contributed by atoms with Gasteiger partial charge in [0.25, 0.3) is 5.91 Å². The van der Waals surface area contributed by atoms with Crippen molar-refractivity contribution < 1.29 is 14.3 Å². The van der Waals surface area contributed by atoms with Gasteiger partial charge in [0.2, 0.25) is 0 Å². The normalized spacial score (nSPS) is 14.2. The van der Waals surface area contributed by atoms with E-state index in [2.05, 4.69) is 15.2 Å². The van der Waals surface area contributed by atoms with Crippen molar-refractivity contribution in [3.8, 4) is 5.75 Å². The lowest BCUT2D eigenvalue weighted by Gasteiger charge is -2.27. The number of benzene rings is 2. The molecule has 1 amide bonds. The number of morpholine rings is 1. The van der Waals surface area contributed by atoms with Gasteiger partial charge < -0.3 is 19.7 Å². The minimum absolute atomic E-state index is 0.153. The first-order chi connectivity index (χ1) is 15.7. The Morgan fingerprint density at radius 1 is 1.06 bits per heavy atom. The van der Waals surface area contributed by atoms with Crippen LogP contribution in [0.25, 0.3) is 11.6 Å². The number of carbonyl (C=O) groups is 1. The van der Waals surface area contributed by atoms with E-state index in [1.54, 1.807) is 7.11 Å². The number of hydrogen-bond donors (Lipinski definition) is 1. The van der Waals surface area contributed by atoms with Crippen LogP contribution in [0.5, 0.6) is 5.75 Å². The molecular weight excluding hydrogens is 402 g/mol. The highest BCUT2D eigenvalue weighted by atomic mass is 16.5. The number of methoxy groups -OCH3 is 1. The first kappa shape index (κ1) is 21.6. The Bertz CT molecular complexity index is 1060. The third-order valence-corrected chi connectivity index (χ3v) is 5.37. The van der Waals surface area contributed by atoms with Crippen molar-refractivity contribution in [2.75, 3.05) is 38.3 Å². The number of rotatable bonds is 7. The number of aromatic nitrogens is 1. The van der Waals surface area contributed by atoms with Crippen LogP contribution >= 0.6 is 0 Å². The quantitative estimate of drug-likeness (QED) is 0.457. The van der Waals surface area contributed by atoms with E-state index in [9.17, 15) is 4.79 Å². The molecular formula is C26H27N3O3. The third-order valence-electron chi connectivity index (χ3n) is 5.37. The average molecular weight is 430 g/mol. The van der Waals surface area contributed by atoms with Gasteiger partial charge in [-0.15, -0.1) is 0 Å². The van der Waals surface area contributed by atoms with E-state index >= 15 is 0 Å². The van der Waals surface area contributed by atoms with Gasteiger partial charge in [-0.05, 0) is 29.3 Å². The fraction of sp³-hybridized carbons (Fsp3) is 0.231. The second-order valence-electron chi connectivity index (χ2n) is 7.47. The lowest BCUT2D eigenvalue weighted by Crippen LogP contribution is -2.36. The van der Waals surface area contributed by atoms with Crippen molar-refractivity contribution in [3.05, 3.63) is 89.6 Å². The summed E-state index contributed by atoms with van der Waals surface area (Å²) < 4.78 is 10.9. The van der Waals surface area contributed by atoms with E-state index in [4.69, 9.17) is 9.47 Å². The number of nitrogens with zero attached hydrogens (tertiary/aromatic N) is 2. The molecule has 164 valence electrons. The standard InChI is InChI=1S/C26H27N3O3/c1-31-24-10-6-5-9-22(24)17-23(21-7-3-2-4-8-21)26(30)28-19-20-11-12-25(27-18-20)29-13-15-32-16-14-29/h2-12,17-18H,13-16,19H2,1H3,(H,28,30)/b23-17+. The zero-order valence-corrected chi connectivity index (χ0v) is 18.2. The zero-order chi connectivity index (χ0) is 22.2. The molecule has 0 saturated carbocycles. The van der Waals surface area contributed by atoms with Gasteiger partial charge in [-0.3, -0.25) is 4.79 Å². The molecule has 6 heteroatoms. The molecule has 0 spiro atoms. The molecule has 3 aromatic rings. The zero-order valence-electron chi connectivity index (χ0n) is 18.2. The molecule has 0 radical (unpaired) electrons. The number of amides is 1. The average Bonchev–Trinajstić information content (AvgIpc) is 2.87. The molecule has 1 fully saturated rings. The lowest BCUT2D eigenvalue weighted by atomic mass is 10.0. The van der Waals surface area contributed by atoms with Crippen LogP contribution in [0, 0.1) is 0 Å². The van der Waals surface area contributed by atoms with Crippen molar-refractivity contribution in [3.63, 3.8) is 0 Å². The summed E-state index contributed by atoms with van der Waals surface area (Å²) in [6, 6.07) is 21.3. The van der Waals surface area contributed by atoms with E-state index in [0.717, 1.165) is 54.6 Å². The predicted octanol–water partition coefficient (Wildman–Crippen LogP) is 3.78. The van der Waals surface area contributed by atoms with Gasteiger partial charge in [0.05, 0.1) is 20.3 Å². The number of nitrogens with one attached hydrogen (secondary N) is 1. The second-order valence-corrected chi connectivity index (χ2v) is 7.47. The van der Waals surface area contributed by atoms with Crippen LogP contribution in [0.15, 0.2) is 72.9 Å². The van der Waals surface area contributed by atoms with Crippen LogP contribution in [0.4, 0.5) is 5.82 Å². The van der Waals surface area contributed by atoms with Gasteiger partial charge in [-0.1, -0.05) is 54.6 Å². The minimum Gasteiger partial charge on any atom is -0.496 e. The summed E-state index contributed by atoms with van der Waals surface area (Å²) in [5, 5.41) is 3.03. The molecule has 4 rings (SSSR count). The van der Waals surface area contributed by atoms with Gasteiger partial charge in [0.1, 0.15) is 11.6 Å². The Kier molecular flexibility index (Phi) is 7.15. The highest BCUT2D eigenvalue weighted by Gasteiger charge is 2.15.